The van der Waals surface area contributed by atoms with Gasteiger partial charge in [-0.2, -0.15) is 0 Å². The number of nitrogens with zero attached hydrogens (tertiary/aromatic N) is 1. The molecule has 1 aromatic rings. The molecule has 3 heteroatoms. The van der Waals surface area contributed by atoms with E-state index in [0.29, 0.717) is 13.2 Å². The zero-order valence-corrected chi connectivity index (χ0v) is 11.1. The average Bonchev–Trinajstić information content (AvgIpc) is 2.37. The topological polar surface area (TPSA) is 38.5 Å². The van der Waals surface area contributed by atoms with Gasteiger partial charge in [0.2, 0.25) is 0 Å². The van der Waals surface area contributed by atoms with Crippen LogP contribution in [0.3, 0.4) is 0 Å². The number of nitrogens with two attached hydrogens (primary N) is 1. The van der Waals surface area contributed by atoms with Gasteiger partial charge in [-0.05, 0) is 26.1 Å². The molecule has 0 fully saturated rings. The van der Waals surface area contributed by atoms with Gasteiger partial charge in [0.25, 0.3) is 0 Å². The molecule has 0 heterocycles. The van der Waals surface area contributed by atoms with Crippen LogP contribution in [0.15, 0.2) is 24.3 Å². The van der Waals surface area contributed by atoms with Crippen LogP contribution in [-0.4, -0.2) is 31.1 Å². The Morgan fingerprint density at radius 2 is 1.82 bits per heavy atom. The van der Waals surface area contributed by atoms with Crippen molar-refractivity contribution in [3.8, 4) is 5.75 Å². The average molecular weight is 236 g/mol. The van der Waals surface area contributed by atoms with Crippen molar-refractivity contribution in [2.75, 3.05) is 26.2 Å². The number of benzene rings is 1. The van der Waals surface area contributed by atoms with E-state index in [9.17, 15) is 0 Å². The van der Waals surface area contributed by atoms with Gasteiger partial charge in [-0.15, -0.1) is 0 Å². The van der Waals surface area contributed by atoms with Crippen LogP contribution in [0.25, 0.3) is 0 Å². The number of hydrogen-bond acceptors (Lipinski definition) is 3. The number of hydrogen-bond donors (Lipinski definition) is 1. The van der Waals surface area contributed by atoms with Gasteiger partial charge in [-0.3, -0.25) is 4.90 Å². The molecule has 0 amide bonds. The van der Waals surface area contributed by atoms with Crippen molar-refractivity contribution < 1.29 is 4.74 Å². The van der Waals surface area contributed by atoms with E-state index < -0.39 is 0 Å². The largest absolute Gasteiger partial charge is 0.494 e. The Bertz CT molecular complexity index is 324. The Kier molecular flexibility index (Phi) is 6.01. The van der Waals surface area contributed by atoms with E-state index in [1.807, 2.05) is 25.1 Å². The Morgan fingerprint density at radius 3 is 2.35 bits per heavy atom. The summed E-state index contributed by atoms with van der Waals surface area (Å²) in [6.45, 7) is 9.63. The molecule has 0 aliphatic rings. The van der Waals surface area contributed by atoms with Crippen LogP contribution in [0.2, 0.25) is 0 Å². The lowest BCUT2D eigenvalue weighted by molar-refractivity contribution is 0.217. The van der Waals surface area contributed by atoms with E-state index in [-0.39, 0.29) is 6.04 Å². The summed E-state index contributed by atoms with van der Waals surface area (Å²) in [6, 6.07) is 8.42. The Balaban J connectivity index is 3.01. The molecule has 1 rings (SSSR count). The molecule has 0 saturated heterocycles. The highest BCUT2D eigenvalue weighted by Crippen LogP contribution is 2.28. The van der Waals surface area contributed by atoms with Crippen LogP contribution < -0.4 is 10.5 Å². The lowest BCUT2D eigenvalue weighted by atomic mass is 10.0. The molecule has 0 unspecified atom stereocenters. The highest BCUT2D eigenvalue weighted by atomic mass is 16.5. The lowest BCUT2D eigenvalue weighted by Crippen LogP contribution is -2.33. The molecule has 0 spiro atoms. The number of likely N-dealkylation sites (N-methyl/N-ethyl adjacent to an activating group) is 1. The summed E-state index contributed by atoms with van der Waals surface area (Å²) in [4.78, 5) is 2.36. The molecule has 2 N–H and O–H groups in total. The van der Waals surface area contributed by atoms with Gasteiger partial charge in [0.05, 0.1) is 12.6 Å². The molecule has 0 bridgehead atoms. The van der Waals surface area contributed by atoms with E-state index in [0.717, 1.165) is 18.8 Å². The van der Waals surface area contributed by atoms with Crippen molar-refractivity contribution in [1.29, 1.82) is 0 Å². The van der Waals surface area contributed by atoms with Crippen molar-refractivity contribution in [3.63, 3.8) is 0 Å². The van der Waals surface area contributed by atoms with E-state index in [1.165, 1.54) is 5.56 Å². The van der Waals surface area contributed by atoms with Crippen molar-refractivity contribution >= 4 is 0 Å². The maximum Gasteiger partial charge on any atom is 0.124 e. The normalized spacial score (nSPS) is 12.8. The summed E-state index contributed by atoms with van der Waals surface area (Å²) in [5.41, 5.74) is 7.12. The molecule has 0 radical (unpaired) electrons. The van der Waals surface area contributed by atoms with Gasteiger partial charge >= 0.3 is 0 Å². The Morgan fingerprint density at radius 1 is 1.18 bits per heavy atom. The summed E-state index contributed by atoms with van der Waals surface area (Å²) in [5.74, 6) is 0.956. The standard InChI is InChI=1S/C14H24N2O/c1-4-16(5-2)13(11-15)12-9-7-8-10-14(12)17-6-3/h7-10,13H,4-6,11,15H2,1-3H3/t13-/m0/s1. The van der Waals surface area contributed by atoms with Crippen molar-refractivity contribution in [3.05, 3.63) is 29.8 Å². The summed E-state index contributed by atoms with van der Waals surface area (Å²) < 4.78 is 5.68. The number of ether oxygens (including phenoxy) is 1. The zero-order chi connectivity index (χ0) is 12.7. The SMILES string of the molecule is CCOc1ccccc1[C@H](CN)N(CC)CC. The third-order valence-electron chi connectivity index (χ3n) is 3.05. The zero-order valence-electron chi connectivity index (χ0n) is 11.1. The summed E-state index contributed by atoms with van der Waals surface area (Å²) >= 11 is 0. The second-order valence-electron chi connectivity index (χ2n) is 3.94. The van der Waals surface area contributed by atoms with Crippen LogP contribution in [-0.2, 0) is 0 Å². The summed E-state index contributed by atoms with van der Waals surface area (Å²) in [6.07, 6.45) is 0. The Hall–Kier alpha value is -1.06. The third-order valence-corrected chi connectivity index (χ3v) is 3.05. The molecule has 0 aromatic heterocycles. The second-order valence-corrected chi connectivity index (χ2v) is 3.94. The highest BCUT2D eigenvalue weighted by Gasteiger charge is 2.19. The van der Waals surface area contributed by atoms with Gasteiger partial charge in [0.15, 0.2) is 0 Å². The first-order valence-electron chi connectivity index (χ1n) is 6.44. The fraction of sp³-hybridized carbons (Fsp3) is 0.571. The molecule has 0 aliphatic heterocycles. The minimum absolute atomic E-state index is 0.243. The van der Waals surface area contributed by atoms with Gasteiger partial charge in [0, 0.05) is 12.1 Å². The third kappa shape index (κ3) is 3.45. The summed E-state index contributed by atoms with van der Waals surface area (Å²) in [5, 5.41) is 0. The first kappa shape index (κ1) is 14.0. The highest BCUT2D eigenvalue weighted by molar-refractivity contribution is 5.36. The first-order valence-corrected chi connectivity index (χ1v) is 6.44. The molecule has 0 saturated carbocycles. The van der Waals surface area contributed by atoms with Crippen LogP contribution in [0.4, 0.5) is 0 Å². The molecule has 1 atom stereocenters. The predicted octanol–water partition coefficient (Wildman–Crippen LogP) is 2.43. The lowest BCUT2D eigenvalue weighted by Gasteiger charge is -2.30. The van der Waals surface area contributed by atoms with E-state index >= 15 is 0 Å². The number of para-hydroxylation sites is 1. The Labute approximate surface area is 105 Å². The van der Waals surface area contributed by atoms with Gasteiger partial charge in [-0.25, -0.2) is 0 Å². The minimum Gasteiger partial charge on any atom is -0.494 e. The van der Waals surface area contributed by atoms with Crippen LogP contribution in [0.1, 0.15) is 32.4 Å². The van der Waals surface area contributed by atoms with Gasteiger partial charge < -0.3 is 10.5 Å². The maximum atomic E-state index is 5.92. The molecule has 96 valence electrons. The fourth-order valence-corrected chi connectivity index (χ4v) is 2.18. The quantitative estimate of drug-likeness (QED) is 0.790. The minimum atomic E-state index is 0.243. The molecular weight excluding hydrogens is 212 g/mol. The molecule has 1 aromatic carbocycles. The van der Waals surface area contributed by atoms with Gasteiger partial charge in [-0.1, -0.05) is 32.0 Å². The smallest absolute Gasteiger partial charge is 0.124 e. The van der Waals surface area contributed by atoms with Crippen LogP contribution in [0.5, 0.6) is 5.75 Å². The predicted molar refractivity (Wildman–Crippen MR) is 72.3 cm³/mol. The maximum absolute atomic E-state index is 5.92. The fourth-order valence-electron chi connectivity index (χ4n) is 2.18. The molecular formula is C14H24N2O. The second kappa shape index (κ2) is 7.30. The van der Waals surface area contributed by atoms with Crippen LogP contribution >= 0.6 is 0 Å². The van der Waals surface area contributed by atoms with Gasteiger partial charge in [0.1, 0.15) is 5.75 Å². The van der Waals surface area contributed by atoms with E-state index in [4.69, 9.17) is 10.5 Å². The molecule has 0 aliphatic carbocycles. The monoisotopic (exact) mass is 236 g/mol. The van der Waals surface area contributed by atoms with Crippen molar-refractivity contribution in [2.24, 2.45) is 5.73 Å². The summed E-state index contributed by atoms with van der Waals surface area (Å²) in [7, 11) is 0. The molecule has 17 heavy (non-hydrogen) atoms. The number of rotatable bonds is 7. The van der Waals surface area contributed by atoms with Crippen molar-refractivity contribution in [2.45, 2.75) is 26.8 Å². The van der Waals surface area contributed by atoms with E-state index in [1.54, 1.807) is 0 Å². The van der Waals surface area contributed by atoms with Crippen LogP contribution in [0, 0.1) is 0 Å². The first-order chi connectivity index (χ1) is 8.28. The van der Waals surface area contributed by atoms with E-state index in [2.05, 4.69) is 24.8 Å². The van der Waals surface area contributed by atoms with Crippen molar-refractivity contribution in [1.82, 2.24) is 4.90 Å². The molecule has 3 nitrogen and oxygen atoms in total.